The highest BCUT2D eigenvalue weighted by molar-refractivity contribution is 7.80. The minimum atomic E-state index is -0.324. The molecule has 146 valence electrons. The molecule has 0 aromatic heterocycles. The van der Waals surface area contributed by atoms with Gasteiger partial charge in [0.1, 0.15) is 5.75 Å². The van der Waals surface area contributed by atoms with Crippen molar-refractivity contribution in [2.45, 2.75) is 12.8 Å². The molecule has 2 aromatic carbocycles. The van der Waals surface area contributed by atoms with Crippen LogP contribution in [0.4, 0.5) is 5.69 Å². The maximum Gasteiger partial charge on any atom is 0.250 e. The van der Waals surface area contributed by atoms with Crippen LogP contribution in [0.5, 0.6) is 5.75 Å². The van der Waals surface area contributed by atoms with Crippen molar-refractivity contribution in [3.05, 3.63) is 65.7 Å². The largest absolute Gasteiger partial charge is 0.497 e. The fraction of sp³-hybridized carbons (Fsp3) is 0.190. The topological polar surface area (TPSA) is 79.5 Å². The lowest BCUT2D eigenvalue weighted by Crippen LogP contribution is -2.32. The third-order valence-electron chi connectivity index (χ3n) is 3.91. The van der Waals surface area contributed by atoms with Gasteiger partial charge in [-0.2, -0.15) is 0 Å². The average Bonchev–Trinajstić information content (AvgIpc) is 2.71. The summed E-state index contributed by atoms with van der Waals surface area (Å²) in [6.07, 6.45) is 4.21. The number of hydrogen-bond donors (Lipinski definition) is 3. The summed E-state index contributed by atoms with van der Waals surface area (Å²) < 4.78 is 5.09. The fourth-order valence-electron chi connectivity index (χ4n) is 2.34. The molecule has 0 unspecified atom stereocenters. The van der Waals surface area contributed by atoms with Gasteiger partial charge in [0.05, 0.1) is 7.11 Å². The molecule has 0 heterocycles. The van der Waals surface area contributed by atoms with Crippen molar-refractivity contribution in [3.8, 4) is 5.75 Å². The van der Waals surface area contributed by atoms with Gasteiger partial charge in [0.2, 0.25) is 11.8 Å². The molecule has 0 aliphatic rings. The molecule has 2 amide bonds. The molecule has 0 fully saturated rings. The van der Waals surface area contributed by atoms with E-state index in [1.807, 2.05) is 48.5 Å². The van der Waals surface area contributed by atoms with E-state index in [9.17, 15) is 9.59 Å². The van der Waals surface area contributed by atoms with Gasteiger partial charge in [0, 0.05) is 25.2 Å². The molecule has 3 N–H and O–H groups in total. The third-order valence-corrected chi connectivity index (χ3v) is 4.12. The van der Waals surface area contributed by atoms with Gasteiger partial charge in [0.15, 0.2) is 5.11 Å². The molecular weight excluding hydrogens is 374 g/mol. The summed E-state index contributed by atoms with van der Waals surface area (Å²) in [5.74, 6) is 0.441. The second-order valence-electron chi connectivity index (χ2n) is 5.92. The second-order valence-corrected chi connectivity index (χ2v) is 6.33. The van der Waals surface area contributed by atoms with Crippen LogP contribution in [0.2, 0.25) is 0 Å². The van der Waals surface area contributed by atoms with Gasteiger partial charge in [-0.15, -0.1) is 0 Å². The first kappa shape index (κ1) is 21.1. The van der Waals surface area contributed by atoms with Crippen molar-refractivity contribution in [1.29, 1.82) is 0 Å². The zero-order valence-electron chi connectivity index (χ0n) is 15.8. The highest BCUT2D eigenvalue weighted by Gasteiger charge is 2.03. The minimum Gasteiger partial charge on any atom is -0.497 e. The third kappa shape index (κ3) is 7.20. The van der Waals surface area contributed by atoms with Crippen LogP contribution in [-0.4, -0.2) is 31.1 Å². The molecule has 0 spiro atoms. The average molecular weight is 398 g/mol. The number of benzene rings is 2. The van der Waals surface area contributed by atoms with Crippen LogP contribution in [0, 0.1) is 0 Å². The number of nitrogens with one attached hydrogen (secondary N) is 3. The number of methoxy groups -OCH3 is 1. The molecule has 6 nitrogen and oxygen atoms in total. The van der Waals surface area contributed by atoms with Gasteiger partial charge in [-0.3, -0.25) is 14.9 Å². The summed E-state index contributed by atoms with van der Waals surface area (Å²) in [7, 11) is 3.22. The summed E-state index contributed by atoms with van der Waals surface area (Å²) in [6, 6.07) is 14.9. The number of carbonyl (C=O) groups excluding carboxylic acids is 2. The standard InChI is InChI=1S/C21H23N3O3S/c1-22-19(25)13-7-15-3-9-17(10-4-15)23-21(28)24-20(26)14-8-16-5-11-18(27-2)12-6-16/h3-6,8-12,14H,7,13H2,1-2H3,(H,22,25)(H2,23,24,26,28)/b14-8+. The highest BCUT2D eigenvalue weighted by atomic mass is 32.1. The fourth-order valence-corrected chi connectivity index (χ4v) is 2.56. The molecule has 2 rings (SSSR count). The summed E-state index contributed by atoms with van der Waals surface area (Å²) >= 11 is 5.16. The van der Waals surface area contributed by atoms with E-state index in [1.54, 1.807) is 20.2 Å². The number of aryl methyl sites for hydroxylation is 1. The number of amides is 2. The minimum absolute atomic E-state index is 0.00814. The van der Waals surface area contributed by atoms with E-state index in [4.69, 9.17) is 17.0 Å². The predicted molar refractivity (Wildman–Crippen MR) is 115 cm³/mol. The Balaban J connectivity index is 1.81. The Labute approximate surface area is 170 Å². The van der Waals surface area contributed by atoms with Gasteiger partial charge in [-0.1, -0.05) is 24.3 Å². The molecule has 0 aliphatic heterocycles. The summed E-state index contributed by atoms with van der Waals surface area (Å²) in [4.78, 5) is 23.3. The van der Waals surface area contributed by atoms with Crippen molar-refractivity contribution in [3.63, 3.8) is 0 Å². The lowest BCUT2D eigenvalue weighted by atomic mass is 10.1. The summed E-state index contributed by atoms with van der Waals surface area (Å²) in [6.45, 7) is 0. The van der Waals surface area contributed by atoms with Crippen molar-refractivity contribution < 1.29 is 14.3 Å². The molecule has 0 aliphatic carbocycles. The lowest BCUT2D eigenvalue weighted by Gasteiger charge is -2.09. The van der Waals surface area contributed by atoms with Gasteiger partial charge < -0.3 is 15.4 Å². The number of anilines is 1. The van der Waals surface area contributed by atoms with Crippen LogP contribution in [0.1, 0.15) is 17.5 Å². The van der Waals surface area contributed by atoms with Crippen molar-refractivity contribution in [2.75, 3.05) is 19.5 Å². The first-order valence-corrected chi connectivity index (χ1v) is 9.14. The van der Waals surface area contributed by atoms with Crippen molar-refractivity contribution in [1.82, 2.24) is 10.6 Å². The van der Waals surface area contributed by atoms with Gasteiger partial charge in [-0.25, -0.2) is 0 Å². The van der Waals surface area contributed by atoms with Crippen LogP contribution >= 0.6 is 12.2 Å². The summed E-state index contributed by atoms with van der Waals surface area (Å²) in [5.41, 5.74) is 2.68. The molecule has 0 saturated carbocycles. The van der Waals surface area contributed by atoms with Crippen molar-refractivity contribution >= 4 is 40.9 Å². The van der Waals surface area contributed by atoms with Crippen molar-refractivity contribution in [2.24, 2.45) is 0 Å². The quantitative estimate of drug-likeness (QED) is 0.495. The second kappa shape index (κ2) is 10.8. The Kier molecular flexibility index (Phi) is 8.17. The van der Waals surface area contributed by atoms with Gasteiger partial charge in [-0.05, 0) is 60.1 Å². The van der Waals surface area contributed by atoms with E-state index in [0.717, 1.165) is 22.6 Å². The maximum absolute atomic E-state index is 12.0. The van der Waals surface area contributed by atoms with Crippen LogP contribution < -0.4 is 20.7 Å². The van der Waals surface area contributed by atoms with E-state index in [2.05, 4.69) is 16.0 Å². The summed E-state index contributed by atoms with van der Waals surface area (Å²) in [5, 5.41) is 8.37. The smallest absolute Gasteiger partial charge is 0.250 e. The number of ether oxygens (including phenoxy) is 1. The molecule has 0 atom stereocenters. The van der Waals surface area contributed by atoms with E-state index in [-0.39, 0.29) is 16.9 Å². The van der Waals surface area contributed by atoms with Crippen LogP contribution in [-0.2, 0) is 16.0 Å². The van der Waals surface area contributed by atoms with Crippen LogP contribution in [0.15, 0.2) is 54.6 Å². The van der Waals surface area contributed by atoms with E-state index in [1.165, 1.54) is 6.08 Å². The van der Waals surface area contributed by atoms with Gasteiger partial charge in [0.25, 0.3) is 0 Å². The monoisotopic (exact) mass is 397 g/mol. The Hall–Kier alpha value is -3.19. The molecule has 0 bridgehead atoms. The lowest BCUT2D eigenvalue weighted by molar-refractivity contribution is -0.120. The molecule has 2 aromatic rings. The molecular formula is C21H23N3O3S. The number of thiocarbonyl (C=S) groups is 1. The predicted octanol–water partition coefficient (Wildman–Crippen LogP) is 2.90. The number of carbonyl (C=O) groups is 2. The molecule has 0 radical (unpaired) electrons. The normalized spacial score (nSPS) is 10.4. The van der Waals surface area contributed by atoms with E-state index in [0.29, 0.717) is 12.8 Å². The highest BCUT2D eigenvalue weighted by Crippen LogP contribution is 2.13. The van der Waals surface area contributed by atoms with E-state index >= 15 is 0 Å². The van der Waals surface area contributed by atoms with E-state index < -0.39 is 0 Å². The Bertz CT molecular complexity index is 846. The first-order valence-electron chi connectivity index (χ1n) is 8.74. The zero-order chi connectivity index (χ0) is 20.4. The number of hydrogen-bond acceptors (Lipinski definition) is 4. The zero-order valence-corrected chi connectivity index (χ0v) is 16.6. The first-order chi connectivity index (χ1) is 13.5. The molecule has 28 heavy (non-hydrogen) atoms. The Morgan fingerprint density at radius 1 is 1.07 bits per heavy atom. The Morgan fingerprint density at radius 2 is 1.75 bits per heavy atom. The van der Waals surface area contributed by atoms with Crippen LogP contribution in [0.25, 0.3) is 6.08 Å². The molecule has 0 saturated heterocycles. The Morgan fingerprint density at radius 3 is 2.36 bits per heavy atom. The molecule has 7 heteroatoms. The van der Waals surface area contributed by atoms with Crippen LogP contribution in [0.3, 0.4) is 0 Å². The maximum atomic E-state index is 12.0. The number of rotatable bonds is 7. The van der Waals surface area contributed by atoms with Gasteiger partial charge >= 0.3 is 0 Å². The SMILES string of the molecule is CNC(=O)CCc1ccc(NC(=S)NC(=O)/C=C/c2ccc(OC)cc2)cc1.